The maximum Gasteiger partial charge on any atom is 0.238 e. The first-order valence-electron chi connectivity index (χ1n) is 6.45. The molecule has 5 nitrogen and oxygen atoms in total. The zero-order valence-electron chi connectivity index (χ0n) is 11.3. The molecule has 22 heavy (non-hydrogen) atoms. The fraction of sp³-hybridized carbons (Fsp3) is 0.133. The molecule has 2 amide bonds. The molecule has 112 valence electrons. The van der Waals surface area contributed by atoms with Crippen molar-refractivity contribution in [3.63, 3.8) is 0 Å². The number of nitrogens with two attached hydrogens (primary N) is 2. The van der Waals surface area contributed by atoms with E-state index in [1.54, 1.807) is 36.5 Å². The first-order chi connectivity index (χ1) is 10.5. The van der Waals surface area contributed by atoms with E-state index in [-0.39, 0.29) is 0 Å². The normalized spacial score (nSPS) is 26.1. The molecule has 2 aliphatic heterocycles. The number of amides is 2. The Labute approximate surface area is 136 Å². The van der Waals surface area contributed by atoms with Crippen LogP contribution in [-0.2, 0) is 15.0 Å². The van der Waals surface area contributed by atoms with E-state index in [0.29, 0.717) is 21.1 Å². The molecule has 2 heterocycles. The lowest BCUT2D eigenvalue weighted by molar-refractivity contribution is -0.120. The highest BCUT2D eigenvalue weighted by Crippen LogP contribution is 2.49. The van der Waals surface area contributed by atoms with Crippen molar-refractivity contribution in [1.82, 2.24) is 0 Å². The number of aliphatic imine (C=N–C) groups is 1. The Balaban J connectivity index is 2.24. The van der Waals surface area contributed by atoms with Gasteiger partial charge >= 0.3 is 0 Å². The van der Waals surface area contributed by atoms with Crippen molar-refractivity contribution in [1.29, 1.82) is 0 Å². The number of benzene rings is 1. The maximum absolute atomic E-state index is 12.3. The average Bonchev–Trinajstić information content (AvgIpc) is 2.92. The number of thioether (sulfide) groups is 1. The number of fused-ring (bicyclic) bond motifs is 1. The monoisotopic (exact) mass is 333 g/mol. The summed E-state index contributed by atoms with van der Waals surface area (Å²) < 4.78 is 0. The Bertz CT molecular complexity index is 772. The summed E-state index contributed by atoms with van der Waals surface area (Å²) >= 11 is 7.52. The van der Waals surface area contributed by atoms with E-state index in [1.807, 2.05) is 0 Å². The molecule has 0 saturated carbocycles. The van der Waals surface area contributed by atoms with E-state index in [0.717, 1.165) is 0 Å². The van der Waals surface area contributed by atoms with Gasteiger partial charge < -0.3 is 11.5 Å². The summed E-state index contributed by atoms with van der Waals surface area (Å²) in [6, 6.07) is 6.94. The maximum atomic E-state index is 12.3. The lowest BCUT2D eigenvalue weighted by Crippen LogP contribution is -2.45. The van der Waals surface area contributed by atoms with E-state index in [4.69, 9.17) is 23.1 Å². The fourth-order valence-electron chi connectivity index (χ4n) is 2.64. The van der Waals surface area contributed by atoms with Gasteiger partial charge in [0.25, 0.3) is 0 Å². The summed E-state index contributed by atoms with van der Waals surface area (Å²) in [7, 11) is 0. The summed E-state index contributed by atoms with van der Waals surface area (Å²) in [4.78, 5) is 28.6. The molecule has 1 aromatic rings. The molecule has 3 rings (SSSR count). The van der Waals surface area contributed by atoms with Crippen LogP contribution in [0.25, 0.3) is 0 Å². The number of rotatable bonds is 3. The smallest absolute Gasteiger partial charge is 0.238 e. The van der Waals surface area contributed by atoms with Crippen molar-refractivity contribution in [2.75, 3.05) is 0 Å². The van der Waals surface area contributed by atoms with Crippen LogP contribution in [0.2, 0.25) is 5.02 Å². The van der Waals surface area contributed by atoms with Gasteiger partial charge in [0.2, 0.25) is 11.8 Å². The van der Waals surface area contributed by atoms with Gasteiger partial charge in [-0.05, 0) is 17.2 Å². The highest BCUT2D eigenvalue weighted by atomic mass is 35.5. The molecule has 2 aliphatic rings. The molecule has 0 saturated heterocycles. The Morgan fingerprint density at radius 3 is 2.64 bits per heavy atom. The molecule has 0 bridgehead atoms. The van der Waals surface area contributed by atoms with E-state index >= 15 is 0 Å². The molecule has 1 aromatic carbocycles. The minimum Gasteiger partial charge on any atom is -0.368 e. The number of allylic oxidation sites excluding steroid dienone is 1. The lowest BCUT2D eigenvalue weighted by atomic mass is 9.73. The standard InChI is InChI=1S/C15H12ClN3O2S/c16-10-4-2-1-3-8(10)15(14(18)21)7-19-6-12-9(15)5-11(22-12)13(17)20/h1-7,11H,(H2,17,20)(H2,18,21). The first-order valence-corrected chi connectivity index (χ1v) is 7.70. The summed E-state index contributed by atoms with van der Waals surface area (Å²) in [6.45, 7) is 0. The van der Waals surface area contributed by atoms with Crippen molar-refractivity contribution in [2.45, 2.75) is 10.7 Å². The zero-order chi connectivity index (χ0) is 15.9. The number of carbonyl (C=O) groups is 2. The Morgan fingerprint density at radius 1 is 1.27 bits per heavy atom. The third-order valence-corrected chi connectivity index (χ3v) is 5.22. The molecule has 7 heteroatoms. The highest BCUT2D eigenvalue weighted by Gasteiger charge is 2.48. The van der Waals surface area contributed by atoms with Crippen molar-refractivity contribution in [3.8, 4) is 0 Å². The van der Waals surface area contributed by atoms with Gasteiger partial charge in [-0.25, -0.2) is 0 Å². The van der Waals surface area contributed by atoms with E-state index in [2.05, 4.69) is 4.99 Å². The van der Waals surface area contributed by atoms with Crippen LogP contribution in [0.3, 0.4) is 0 Å². The van der Waals surface area contributed by atoms with Crippen LogP contribution in [-0.4, -0.2) is 23.3 Å². The quantitative estimate of drug-likeness (QED) is 0.877. The number of carbonyl (C=O) groups excluding carboxylic acids is 2. The van der Waals surface area contributed by atoms with Gasteiger partial charge in [-0.1, -0.05) is 35.9 Å². The second-order valence-corrected chi connectivity index (χ2v) is 6.54. The van der Waals surface area contributed by atoms with Gasteiger partial charge in [-0.15, -0.1) is 11.8 Å². The van der Waals surface area contributed by atoms with Gasteiger partial charge in [0.05, 0.1) is 0 Å². The minimum absolute atomic E-state index is 0.405. The predicted molar refractivity (Wildman–Crippen MR) is 87.6 cm³/mol. The van der Waals surface area contributed by atoms with Crippen LogP contribution in [0.4, 0.5) is 0 Å². The number of nitrogens with zero attached hydrogens (tertiary/aromatic N) is 1. The molecular formula is C15H12ClN3O2S. The van der Waals surface area contributed by atoms with Crippen LogP contribution < -0.4 is 11.5 Å². The number of hydrogen-bond acceptors (Lipinski definition) is 4. The third-order valence-electron chi connectivity index (χ3n) is 3.69. The molecule has 0 aliphatic carbocycles. The van der Waals surface area contributed by atoms with Crippen molar-refractivity contribution in [2.24, 2.45) is 16.5 Å². The van der Waals surface area contributed by atoms with Gasteiger partial charge in [0, 0.05) is 22.3 Å². The van der Waals surface area contributed by atoms with Crippen molar-refractivity contribution in [3.05, 3.63) is 57.6 Å². The Hall–Kier alpha value is -2.05. The van der Waals surface area contributed by atoms with Crippen molar-refractivity contribution < 1.29 is 9.59 Å². The van der Waals surface area contributed by atoms with Crippen LogP contribution in [0.1, 0.15) is 5.56 Å². The zero-order valence-corrected chi connectivity index (χ0v) is 12.9. The van der Waals surface area contributed by atoms with Gasteiger partial charge in [0.15, 0.2) is 0 Å². The van der Waals surface area contributed by atoms with Crippen LogP contribution >= 0.6 is 23.4 Å². The largest absolute Gasteiger partial charge is 0.368 e. The summed E-state index contributed by atoms with van der Waals surface area (Å²) in [6.07, 6.45) is 4.73. The Kier molecular flexibility index (Phi) is 3.58. The third kappa shape index (κ3) is 2.07. The topological polar surface area (TPSA) is 98.5 Å². The predicted octanol–water partition coefficient (Wildman–Crippen LogP) is 1.52. The minimum atomic E-state index is -1.29. The SMILES string of the molecule is NC(=O)C1C=C2C(=CN=CC2(C(N)=O)c2ccccc2Cl)S1. The summed E-state index contributed by atoms with van der Waals surface area (Å²) in [5, 5.41) is -0.147. The molecule has 2 unspecified atom stereocenters. The molecule has 4 N–H and O–H groups in total. The first kappa shape index (κ1) is 14.9. The average molecular weight is 334 g/mol. The molecule has 0 fully saturated rings. The molecule has 0 spiro atoms. The van der Waals surface area contributed by atoms with E-state index in [9.17, 15) is 9.59 Å². The van der Waals surface area contributed by atoms with Crippen LogP contribution in [0.5, 0.6) is 0 Å². The van der Waals surface area contributed by atoms with Gasteiger partial charge in [-0.2, -0.15) is 0 Å². The molecule has 0 aromatic heterocycles. The molecule has 2 atom stereocenters. The Morgan fingerprint density at radius 2 is 2.00 bits per heavy atom. The molecular weight excluding hydrogens is 322 g/mol. The summed E-state index contributed by atoms with van der Waals surface area (Å²) in [5.74, 6) is -1.09. The van der Waals surface area contributed by atoms with Crippen LogP contribution in [0.15, 0.2) is 52.0 Å². The van der Waals surface area contributed by atoms with Crippen molar-refractivity contribution >= 4 is 41.4 Å². The number of halogens is 1. The van der Waals surface area contributed by atoms with E-state index in [1.165, 1.54) is 18.0 Å². The molecule has 0 radical (unpaired) electrons. The summed E-state index contributed by atoms with van der Waals surface area (Å²) in [5.41, 5.74) is 10.9. The van der Waals surface area contributed by atoms with Gasteiger partial charge in [-0.3, -0.25) is 14.6 Å². The fourth-order valence-corrected chi connectivity index (χ4v) is 4.00. The second kappa shape index (κ2) is 5.30. The highest BCUT2D eigenvalue weighted by molar-refractivity contribution is 8.05. The van der Waals surface area contributed by atoms with E-state index < -0.39 is 22.5 Å². The lowest BCUT2D eigenvalue weighted by Gasteiger charge is -2.31. The number of hydrogen-bond donors (Lipinski definition) is 2. The second-order valence-electron chi connectivity index (χ2n) is 4.94. The van der Waals surface area contributed by atoms with Crippen LogP contribution in [0, 0.1) is 0 Å². The number of primary amides is 2. The van der Waals surface area contributed by atoms with Gasteiger partial charge in [0.1, 0.15) is 10.7 Å².